The minimum atomic E-state index is -0.231. The first kappa shape index (κ1) is 20.1. The summed E-state index contributed by atoms with van der Waals surface area (Å²) in [7, 11) is 1.62. The maximum Gasteiger partial charge on any atom is 0.267 e. The molecule has 150 valence electrons. The Bertz CT molecular complexity index is 1240. The predicted octanol–water partition coefficient (Wildman–Crippen LogP) is 5.34. The molecule has 2 heterocycles. The lowest BCUT2D eigenvalue weighted by Gasteiger charge is -2.14. The minimum Gasteiger partial charge on any atom is -0.497 e. The van der Waals surface area contributed by atoms with Crippen molar-refractivity contribution in [1.29, 1.82) is 0 Å². The molecule has 0 bridgehead atoms. The molecule has 0 radical (unpaired) electrons. The molecule has 0 saturated heterocycles. The monoisotopic (exact) mass is 437 g/mol. The summed E-state index contributed by atoms with van der Waals surface area (Å²) in [6.07, 6.45) is 3.37. The SMILES string of the molecule is COc1ccc(-c2nn(Cc3ccc(Cl)cc3Cl)c(=O)cc2-c2ccncc2)cc1. The average molecular weight is 438 g/mol. The van der Waals surface area contributed by atoms with Crippen LogP contribution in [0.1, 0.15) is 5.56 Å². The summed E-state index contributed by atoms with van der Waals surface area (Å²) in [5.74, 6) is 0.741. The molecular weight excluding hydrogens is 421 g/mol. The highest BCUT2D eigenvalue weighted by molar-refractivity contribution is 6.35. The fourth-order valence-corrected chi connectivity index (χ4v) is 3.60. The molecule has 7 heteroatoms. The smallest absolute Gasteiger partial charge is 0.267 e. The minimum absolute atomic E-state index is 0.231. The summed E-state index contributed by atoms with van der Waals surface area (Å²) < 4.78 is 6.66. The van der Waals surface area contributed by atoms with Gasteiger partial charge in [-0.15, -0.1) is 0 Å². The van der Waals surface area contributed by atoms with Crippen LogP contribution in [-0.4, -0.2) is 21.9 Å². The molecule has 2 aromatic carbocycles. The Morgan fingerprint density at radius 2 is 1.67 bits per heavy atom. The van der Waals surface area contributed by atoms with Crippen LogP contribution in [0.5, 0.6) is 5.75 Å². The summed E-state index contributed by atoms with van der Waals surface area (Å²) >= 11 is 12.3. The Morgan fingerprint density at radius 3 is 2.33 bits per heavy atom. The number of nitrogens with zero attached hydrogens (tertiary/aromatic N) is 3. The van der Waals surface area contributed by atoms with E-state index in [0.717, 1.165) is 28.0 Å². The molecule has 5 nitrogen and oxygen atoms in total. The Labute approximate surface area is 183 Å². The molecule has 0 aliphatic rings. The van der Waals surface area contributed by atoms with E-state index in [2.05, 4.69) is 10.1 Å². The average Bonchev–Trinajstić information content (AvgIpc) is 2.77. The van der Waals surface area contributed by atoms with Gasteiger partial charge < -0.3 is 4.74 Å². The lowest BCUT2D eigenvalue weighted by molar-refractivity contribution is 0.415. The summed E-state index contributed by atoms with van der Waals surface area (Å²) in [5, 5.41) is 5.71. The second-order valence-electron chi connectivity index (χ2n) is 6.60. The maximum absolute atomic E-state index is 12.9. The van der Waals surface area contributed by atoms with Gasteiger partial charge in [-0.05, 0) is 59.7 Å². The van der Waals surface area contributed by atoms with Crippen molar-refractivity contribution >= 4 is 23.2 Å². The number of benzene rings is 2. The third kappa shape index (κ3) is 4.22. The fourth-order valence-electron chi connectivity index (χ4n) is 3.13. The zero-order valence-electron chi connectivity index (χ0n) is 16.0. The number of hydrogen-bond acceptors (Lipinski definition) is 4. The first-order valence-electron chi connectivity index (χ1n) is 9.16. The molecule has 0 spiro atoms. The van der Waals surface area contributed by atoms with Crippen molar-refractivity contribution in [1.82, 2.24) is 14.8 Å². The van der Waals surface area contributed by atoms with E-state index in [4.69, 9.17) is 27.9 Å². The molecule has 0 atom stereocenters. The Kier molecular flexibility index (Phi) is 5.84. The molecule has 0 aliphatic carbocycles. The third-order valence-corrected chi connectivity index (χ3v) is 5.27. The normalized spacial score (nSPS) is 10.8. The van der Waals surface area contributed by atoms with Gasteiger partial charge in [-0.2, -0.15) is 5.10 Å². The second-order valence-corrected chi connectivity index (χ2v) is 7.45. The van der Waals surface area contributed by atoms with Crippen LogP contribution >= 0.6 is 23.2 Å². The highest BCUT2D eigenvalue weighted by Crippen LogP contribution is 2.30. The van der Waals surface area contributed by atoms with Gasteiger partial charge in [-0.1, -0.05) is 29.3 Å². The summed E-state index contributed by atoms with van der Waals surface area (Å²) in [6.45, 7) is 0.231. The summed E-state index contributed by atoms with van der Waals surface area (Å²) in [5.41, 5.74) is 3.65. The molecule has 2 aromatic heterocycles. The van der Waals surface area contributed by atoms with E-state index in [9.17, 15) is 4.79 Å². The Balaban J connectivity index is 1.85. The number of ether oxygens (including phenoxy) is 1. The molecule has 0 aliphatic heterocycles. The molecule has 0 saturated carbocycles. The van der Waals surface area contributed by atoms with Crippen molar-refractivity contribution < 1.29 is 4.74 Å². The van der Waals surface area contributed by atoms with Crippen LogP contribution in [0, 0.1) is 0 Å². The third-order valence-electron chi connectivity index (χ3n) is 4.69. The largest absolute Gasteiger partial charge is 0.497 e. The zero-order valence-corrected chi connectivity index (χ0v) is 17.6. The summed E-state index contributed by atoms with van der Waals surface area (Å²) in [6, 6.07) is 18.0. The Morgan fingerprint density at radius 1 is 0.933 bits per heavy atom. The van der Waals surface area contributed by atoms with E-state index in [-0.39, 0.29) is 12.1 Å². The lowest BCUT2D eigenvalue weighted by Crippen LogP contribution is -2.24. The molecule has 0 fully saturated rings. The molecule has 0 amide bonds. The number of halogens is 2. The first-order valence-corrected chi connectivity index (χ1v) is 9.91. The van der Waals surface area contributed by atoms with E-state index in [1.807, 2.05) is 36.4 Å². The van der Waals surface area contributed by atoms with E-state index < -0.39 is 0 Å². The van der Waals surface area contributed by atoms with Crippen LogP contribution in [-0.2, 0) is 6.54 Å². The maximum atomic E-state index is 12.9. The van der Waals surface area contributed by atoms with Crippen LogP contribution in [0.25, 0.3) is 22.4 Å². The lowest BCUT2D eigenvalue weighted by atomic mass is 10.0. The van der Waals surface area contributed by atoms with Gasteiger partial charge in [0.1, 0.15) is 5.75 Å². The van der Waals surface area contributed by atoms with Gasteiger partial charge in [0, 0.05) is 39.6 Å². The quantitative estimate of drug-likeness (QED) is 0.422. The highest BCUT2D eigenvalue weighted by Gasteiger charge is 2.14. The first-order chi connectivity index (χ1) is 14.5. The van der Waals surface area contributed by atoms with Gasteiger partial charge in [0.05, 0.1) is 19.3 Å². The van der Waals surface area contributed by atoms with E-state index in [1.165, 1.54) is 4.68 Å². The number of methoxy groups -OCH3 is 1. The van der Waals surface area contributed by atoms with Crippen molar-refractivity contribution in [3.63, 3.8) is 0 Å². The fraction of sp³-hybridized carbons (Fsp3) is 0.0870. The molecule has 4 aromatic rings. The van der Waals surface area contributed by atoms with Crippen LogP contribution in [0.15, 0.2) is 77.9 Å². The standard InChI is InChI=1S/C23H17Cl2N3O2/c1-30-19-6-3-16(4-7-19)23-20(15-8-10-26-11-9-15)13-22(29)28(27-23)14-17-2-5-18(24)12-21(17)25/h2-13H,14H2,1H3. The second kappa shape index (κ2) is 8.69. The molecule has 0 unspecified atom stereocenters. The van der Waals surface area contributed by atoms with Crippen LogP contribution in [0.2, 0.25) is 10.0 Å². The number of hydrogen-bond donors (Lipinski definition) is 0. The van der Waals surface area contributed by atoms with Gasteiger partial charge in [0.2, 0.25) is 0 Å². The van der Waals surface area contributed by atoms with Crippen LogP contribution in [0.3, 0.4) is 0 Å². The number of rotatable bonds is 5. The number of aromatic nitrogens is 3. The van der Waals surface area contributed by atoms with Crippen LogP contribution < -0.4 is 10.3 Å². The van der Waals surface area contributed by atoms with Crippen molar-refractivity contribution in [2.45, 2.75) is 6.54 Å². The van der Waals surface area contributed by atoms with Gasteiger partial charge >= 0.3 is 0 Å². The van der Waals surface area contributed by atoms with Gasteiger partial charge in [0.15, 0.2) is 0 Å². The number of pyridine rings is 1. The van der Waals surface area contributed by atoms with Gasteiger partial charge in [-0.3, -0.25) is 9.78 Å². The molecule has 4 rings (SSSR count). The Hall–Kier alpha value is -3.15. The molecular formula is C23H17Cl2N3O2. The van der Waals surface area contributed by atoms with Gasteiger partial charge in [0.25, 0.3) is 5.56 Å². The topological polar surface area (TPSA) is 57.0 Å². The van der Waals surface area contributed by atoms with E-state index in [0.29, 0.717) is 15.7 Å². The van der Waals surface area contributed by atoms with Crippen molar-refractivity contribution in [3.8, 4) is 28.1 Å². The molecule has 0 N–H and O–H groups in total. The van der Waals surface area contributed by atoms with E-state index in [1.54, 1.807) is 43.8 Å². The van der Waals surface area contributed by atoms with Crippen molar-refractivity contribution in [3.05, 3.63) is 99.0 Å². The highest BCUT2D eigenvalue weighted by atomic mass is 35.5. The van der Waals surface area contributed by atoms with Crippen LogP contribution in [0.4, 0.5) is 0 Å². The van der Waals surface area contributed by atoms with E-state index >= 15 is 0 Å². The van der Waals surface area contributed by atoms with Crippen molar-refractivity contribution in [2.24, 2.45) is 0 Å². The van der Waals surface area contributed by atoms with Crippen molar-refractivity contribution in [2.75, 3.05) is 7.11 Å². The predicted molar refractivity (Wildman–Crippen MR) is 119 cm³/mol. The van der Waals surface area contributed by atoms with Gasteiger partial charge in [-0.25, -0.2) is 4.68 Å². The molecule has 30 heavy (non-hydrogen) atoms. The summed E-state index contributed by atoms with van der Waals surface area (Å²) in [4.78, 5) is 16.9. The zero-order chi connectivity index (χ0) is 21.1.